The highest BCUT2D eigenvalue weighted by Gasteiger charge is 2.21. The standard InChI is InChI=1S/C18H19Cl2N3O/c19-14-7-4-8-15(17(14)20)23-16-10-9-13(11-21-16)22-18(24)12-5-2-1-3-6-12/h4,7-12H,1-3,5-6H2,(H,21,23)(H,22,24). The number of carbonyl (C=O) groups excluding carboxylic acids is 1. The first kappa shape index (κ1) is 17.1. The van der Waals surface area contributed by atoms with Gasteiger partial charge < -0.3 is 10.6 Å². The maximum absolute atomic E-state index is 12.2. The number of pyridine rings is 1. The molecule has 1 aromatic carbocycles. The van der Waals surface area contributed by atoms with Crippen LogP contribution in [-0.2, 0) is 4.79 Å². The number of carbonyl (C=O) groups is 1. The predicted molar refractivity (Wildman–Crippen MR) is 99.2 cm³/mol. The molecular formula is C18H19Cl2N3O. The van der Waals surface area contributed by atoms with Crippen LogP contribution in [0.3, 0.4) is 0 Å². The third-order valence-electron chi connectivity index (χ3n) is 4.22. The quantitative estimate of drug-likeness (QED) is 0.737. The molecule has 1 fully saturated rings. The Morgan fingerprint density at radius 2 is 1.88 bits per heavy atom. The first-order valence-corrected chi connectivity index (χ1v) is 8.87. The molecule has 0 atom stereocenters. The minimum absolute atomic E-state index is 0.0927. The number of rotatable bonds is 4. The number of aromatic nitrogens is 1. The Balaban J connectivity index is 1.62. The van der Waals surface area contributed by atoms with E-state index < -0.39 is 0 Å². The van der Waals surface area contributed by atoms with Gasteiger partial charge >= 0.3 is 0 Å². The highest BCUT2D eigenvalue weighted by atomic mass is 35.5. The van der Waals surface area contributed by atoms with Crippen molar-refractivity contribution in [2.24, 2.45) is 5.92 Å². The number of hydrogen-bond donors (Lipinski definition) is 2. The molecule has 24 heavy (non-hydrogen) atoms. The molecule has 126 valence electrons. The molecule has 0 radical (unpaired) electrons. The van der Waals surface area contributed by atoms with Gasteiger partial charge in [0.15, 0.2) is 0 Å². The smallest absolute Gasteiger partial charge is 0.227 e. The van der Waals surface area contributed by atoms with E-state index in [1.165, 1.54) is 6.42 Å². The number of anilines is 3. The second-order valence-corrected chi connectivity index (χ2v) is 6.77. The van der Waals surface area contributed by atoms with E-state index in [9.17, 15) is 4.79 Å². The van der Waals surface area contributed by atoms with E-state index >= 15 is 0 Å². The van der Waals surface area contributed by atoms with Gasteiger partial charge in [-0.15, -0.1) is 0 Å². The summed E-state index contributed by atoms with van der Waals surface area (Å²) in [5.41, 5.74) is 1.39. The van der Waals surface area contributed by atoms with E-state index in [-0.39, 0.29) is 11.8 Å². The van der Waals surface area contributed by atoms with Crippen LogP contribution in [0.2, 0.25) is 10.0 Å². The number of nitrogens with zero attached hydrogens (tertiary/aromatic N) is 1. The van der Waals surface area contributed by atoms with Crippen molar-refractivity contribution in [2.45, 2.75) is 32.1 Å². The van der Waals surface area contributed by atoms with Crippen molar-refractivity contribution in [1.29, 1.82) is 0 Å². The first-order chi connectivity index (χ1) is 11.6. The molecule has 1 aromatic heterocycles. The van der Waals surface area contributed by atoms with Gasteiger partial charge in [-0.05, 0) is 37.1 Å². The molecule has 4 nitrogen and oxygen atoms in total. The molecule has 1 aliphatic rings. The summed E-state index contributed by atoms with van der Waals surface area (Å²) >= 11 is 12.1. The van der Waals surface area contributed by atoms with E-state index in [2.05, 4.69) is 15.6 Å². The molecule has 0 aliphatic heterocycles. The van der Waals surface area contributed by atoms with E-state index in [0.717, 1.165) is 25.7 Å². The molecule has 1 heterocycles. The van der Waals surface area contributed by atoms with Gasteiger partial charge in [-0.25, -0.2) is 4.98 Å². The molecule has 1 saturated carbocycles. The second kappa shape index (κ2) is 7.86. The van der Waals surface area contributed by atoms with E-state index in [1.807, 2.05) is 18.2 Å². The zero-order chi connectivity index (χ0) is 16.9. The minimum Gasteiger partial charge on any atom is -0.339 e. The summed E-state index contributed by atoms with van der Waals surface area (Å²) in [5.74, 6) is 0.853. The van der Waals surface area contributed by atoms with Crippen LogP contribution < -0.4 is 10.6 Å². The molecule has 3 rings (SSSR count). The van der Waals surface area contributed by atoms with Gasteiger partial charge in [0.2, 0.25) is 5.91 Å². The zero-order valence-electron chi connectivity index (χ0n) is 13.2. The van der Waals surface area contributed by atoms with Crippen LogP contribution in [-0.4, -0.2) is 10.9 Å². The van der Waals surface area contributed by atoms with Crippen LogP contribution in [0.5, 0.6) is 0 Å². The Bertz CT molecular complexity index is 713. The van der Waals surface area contributed by atoms with Gasteiger partial charge in [0.1, 0.15) is 5.82 Å². The number of amides is 1. The Labute approximate surface area is 151 Å². The molecule has 2 N–H and O–H groups in total. The summed E-state index contributed by atoms with van der Waals surface area (Å²) < 4.78 is 0. The van der Waals surface area contributed by atoms with Gasteiger partial charge in [0, 0.05) is 5.92 Å². The molecule has 6 heteroatoms. The van der Waals surface area contributed by atoms with Gasteiger partial charge in [0.05, 0.1) is 27.6 Å². The molecule has 0 bridgehead atoms. The zero-order valence-corrected chi connectivity index (χ0v) is 14.7. The Morgan fingerprint density at radius 1 is 1.08 bits per heavy atom. The predicted octanol–water partition coefficient (Wildman–Crippen LogP) is 5.65. The number of hydrogen-bond acceptors (Lipinski definition) is 3. The van der Waals surface area contributed by atoms with Crippen molar-refractivity contribution in [2.75, 3.05) is 10.6 Å². The van der Waals surface area contributed by atoms with Crippen molar-refractivity contribution in [3.63, 3.8) is 0 Å². The summed E-state index contributed by atoms with van der Waals surface area (Å²) in [4.78, 5) is 16.6. The average Bonchev–Trinajstić information content (AvgIpc) is 2.61. The van der Waals surface area contributed by atoms with Gasteiger partial charge in [-0.3, -0.25) is 4.79 Å². The SMILES string of the molecule is O=C(Nc1ccc(Nc2cccc(Cl)c2Cl)nc1)C1CCCCC1. The number of nitrogens with one attached hydrogen (secondary N) is 2. The van der Waals surface area contributed by atoms with E-state index in [0.29, 0.717) is 27.2 Å². The largest absolute Gasteiger partial charge is 0.339 e. The van der Waals surface area contributed by atoms with Crippen LogP contribution in [0.4, 0.5) is 17.2 Å². The summed E-state index contributed by atoms with van der Waals surface area (Å²) in [6.45, 7) is 0. The fourth-order valence-corrected chi connectivity index (χ4v) is 3.24. The van der Waals surface area contributed by atoms with Crippen molar-refractivity contribution in [3.05, 3.63) is 46.6 Å². The van der Waals surface area contributed by atoms with Gasteiger partial charge in [-0.1, -0.05) is 48.5 Å². The monoisotopic (exact) mass is 363 g/mol. The molecular weight excluding hydrogens is 345 g/mol. The Kier molecular flexibility index (Phi) is 5.59. The van der Waals surface area contributed by atoms with E-state index in [4.69, 9.17) is 23.2 Å². The average molecular weight is 364 g/mol. The van der Waals surface area contributed by atoms with Crippen molar-refractivity contribution in [1.82, 2.24) is 4.98 Å². The lowest BCUT2D eigenvalue weighted by Crippen LogP contribution is -2.24. The maximum Gasteiger partial charge on any atom is 0.227 e. The Morgan fingerprint density at radius 3 is 2.58 bits per heavy atom. The third-order valence-corrected chi connectivity index (χ3v) is 5.04. The van der Waals surface area contributed by atoms with Crippen LogP contribution in [0.1, 0.15) is 32.1 Å². The summed E-state index contributed by atoms with van der Waals surface area (Å²) in [7, 11) is 0. The highest BCUT2D eigenvalue weighted by Crippen LogP contribution is 2.31. The molecule has 1 amide bonds. The van der Waals surface area contributed by atoms with Gasteiger partial charge in [-0.2, -0.15) is 0 Å². The fraction of sp³-hybridized carbons (Fsp3) is 0.333. The summed E-state index contributed by atoms with van der Waals surface area (Å²) in [6.07, 6.45) is 7.11. The lowest BCUT2D eigenvalue weighted by atomic mass is 9.88. The van der Waals surface area contributed by atoms with E-state index in [1.54, 1.807) is 18.3 Å². The molecule has 2 aromatic rings. The summed E-state index contributed by atoms with van der Waals surface area (Å²) in [5, 5.41) is 7.00. The summed E-state index contributed by atoms with van der Waals surface area (Å²) in [6, 6.07) is 9.00. The normalized spacial score (nSPS) is 15.1. The van der Waals surface area contributed by atoms with Crippen molar-refractivity contribution in [3.8, 4) is 0 Å². The molecule has 0 saturated heterocycles. The van der Waals surface area contributed by atoms with Crippen LogP contribution >= 0.6 is 23.2 Å². The number of benzene rings is 1. The molecule has 0 spiro atoms. The fourth-order valence-electron chi connectivity index (χ4n) is 2.89. The van der Waals surface area contributed by atoms with Gasteiger partial charge in [0.25, 0.3) is 0 Å². The topological polar surface area (TPSA) is 54.0 Å². The van der Waals surface area contributed by atoms with Crippen LogP contribution in [0, 0.1) is 5.92 Å². The maximum atomic E-state index is 12.2. The highest BCUT2D eigenvalue weighted by molar-refractivity contribution is 6.43. The molecule has 0 unspecified atom stereocenters. The Hall–Kier alpha value is -1.78. The molecule has 1 aliphatic carbocycles. The van der Waals surface area contributed by atoms with Crippen molar-refractivity contribution < 1.29 is 4.79 Å². The second-order valence-electron chi connectivity index (χ2n) is 5.98. The van der Waals surface area contributed by atoms with Crippen LogP contribution in [0.15, 0.2) is 36.5 Å². The third kappa shape index (κ3) is 4.19. The number of halogens is 2. The van der Waals surface area contributed by atoms with Crippen molar-refractivity contribution >= 4 is 46.3 Å². The first-order valence-electron chi connectivity index (χ1n) is 8.11. The van der Waals surface area contributed by atoms with Crippen LogP contribution in [0.25, 0.3) is 0 Å². The lowest BCUT2D eigenvalue weighted by Gasteiger charge is -2.20. The minimum atomic E-state index is 0.0927. The lowest BCUT2D eigenvalue weighted by molar-refractivity contribution is -0.120.